The Morgan fingerprint density at radius 2 is 2.06 bits per heavy atom. The van der Waals surface area contributed by atoms with Crippen molar-refractivity contribution >= 4 is 30.0 Å². The summed E-state index contributed by atoms with van der Waals surface area (Å²) in [6.07, 6.45) is 0. The van der Waals surface area contributed by atoms with Crippen molar-refractivity contribution in [3.63, 3.8) is 0 Å². The summed E-state index contributed by atoms with van der Waals surface area (Å²) >= 11 is 6.05. The first-order valence-corrected chi connectivity index (χ1v) is 5.26. The Balaban J connectivity index is 0.00000128. The van der Waals surface area contributed by atoms with E-state index in [1.807, 2.05) is 18.2 Å². The summed E-state index contributed by atoms with van der Waals surface area (Å²) in [6, 6.07) is 7.44. The molecule has 0 amide bonds. The van der Waals surface area contributed by atoms with Gasteiger partial charge in [0.25, 0.3) is 0 Å². The van der Waals surface area contributed by atoms with E-state index in [4.69, 9.17) is 16.7 Å². The summed E-state index contributed by atoms with van der Waals surface area (Å²) in [4.78, 5) is 11.0. The second-order valence-corrected chi connectivity index (χ2v) is 4.14. The summed E-state index contributed by atoms with van der Waals surface area (Å²) in [5.74, 6) is -1.15. The van der Waals surface area contributed by atoms with Gasteiger partial charge in [0.05, 0.1) is 5.92 Å². The number of hydrogen-bond acceptors (Lipinski definition) is 2. The molecule has 2 atom stereocenters. The van der Waals surface area contributed by atoms with Gasteiger partial charge in [0.2, 0.25) is 0 Å². The van der Waals surface area contributed by atoms with E-state index in [-0.39, 0.29) is 24.2 Å². The molecule has 0 bridgehead atoms. The van der Waals surface area contributed by atoms with E-state index >= 15 is 0 Å². The molecule has 0 aliphatic carbocycles. The average molecular weight is 262 g/mol. The highest BCUT2D eigenvalue weighted by atomic mass is 35.5. The lowest BCUT2D eigenvalue weighted by Crippen LogP contribution is -2.21. The van der Waals surface area contributed by atoms with Crippen molar-refractivity contribution in [2.45, 2.75) is 5.92 Å². The van der Waals surface area contributed by atoms with Gasteiger partial charge >= 0.3 is 5.97 Å². The summed E-state index contributed by atoms with van der Waals surface area (Å²) < 4.78 is 0. The molecule has 0 saturated carbocycles. The van der Waals surface area contributed by atoms with Gasteiger partial charge in [-0.3, -0.25) is 4.79 Å². The lowest BCUT2D eigenvalue weighted by atomic mass is 9.89. The van der Waals surface area contributed by atoms with Crippen LogP contribution in [0, 0.1) is 5.92 Å². The largest absolute Gasteiger partial charge is 0.481 e. The topological polar surface area (TPSA) is 49.3 Å². The number of rotatable bonds is 2. The van der Waals surface area contributed by atoms with Crippen LogP contribution in [0.25, 0.3) is 0 Å². The van der Waals surface area contributed by atoms with Crippen molar-refractivity contribution in [1.29, 1.82) is 0 Å². The Labute approximate surface area is 105 Å². The minimum absolute atomic E-state index is 0. The smallest absolute Gasteiger partial charge is 0.308 e. The minimum Gasteiger partial charge on any atom is -0.481 e. The molecule has 1 aliphatic heterocycles. The van der Waals surface area contributed by atoms with Gasteiger partial charge in [0.15, 0.2) is 0 Å². The molecule has 1 aromatic rings. The molecule has 2 N–H and O–H groups in total. The number of hydrogen-bond donors (Lipinski definition) is 2. The van der Waals surface area contributed by atoms with Crippen LogP contribution in [0.2, 0.25) is 5.02 Å². The molecular weight excluding hydrogens is 249 g/mol. The fourth-order valence-corrected chi connectivity index (χ4v) is 2.32. The van der Waals surface area contributed by atoms with Gasteiger partial charge in [0, 0.05) is 24.0 Å². The van der Waals surface area contributed by atoms with E-state index in [9.17, 15) is 4.79 Å². The van der Waals surface area contributed by atoms with Crippen LogP contribution in [-0.4, -0.2) is 24.2 Å². The first kappa shape index (κ1) is 13.3. The second-order valence-electron chi connectivity index (χ2n) is 3.73. The second kappa shape index (κ2) is 5.53. The molecule has 88 valence electrons. The van der Waals surface area contributed by atoms with Gasteiger partial charge in [-0.15, -0.1) is 12.4 Å². The number of carboxylic acid groups (broad SMARTS) is 1. The maximum absolute atomic E-state index is 11.0. The Kier molecular flexibility index (Phi) is 4.59. The molecule has 1 aromatic carbocycles. The van der Waals surface area contributed by atoms with Gasteiger partial charge in [-0.1, -0.05) is 29.8 Å². The van der Waals surface area contributed by atoms with Gasteiger partial charge < -0.3 is 10.4 Å². The number of benzene rings is 1. The number of halogens is 2. The molecule has 1 fully saturated rings. The van der Waals surface area contributed by atoms with Crippen LogP contribution in [0.3, 0.4) is 0 Å². The molecule has 16 heavy (non-hydrogen) atoms. The zero-order valence-corrected chi connectivity index (χ0v) is 10.1. The third kappa shape index (κ3) is 2.48. The van der Waals surface area contributed by atoms with Gasteiger partial charge in [0.1, 0.15) is 0 Å². The molecule has 0 aromatic heterocycles. The van der Waals surface area contributed by atoms with Crippen LogP contribution in [0.4, 0.5) is 0 Å². The highest BCUT2D eigenvalue weighted by Crippen LogP contribution is 2.32. The zero-order chi connectivity index (χ0) is 10.8. The van der Waals surface area contributed by atoms with Crippen molar-refractivity contribution in [2.24, 2.45) is 5.92 Å². The standard InChI is InChI=1S/C11H12ClNO2.ClH/c12-10-4-2-1-3-7(10)8-5-13-6-9(8)11(14)15;/h1-4,8-9,13H,5-6H2,(H,14,15);1H. The maximum Gasteiger partial charge on any atom is 0.308 e. The first-order valence-electron chi connectivity index (χ1n) is 4.88. The summed E-state index contributed by atoms with van der Waals surface area (Å²) in [6.45, 7) is 1.20. The lowest BCUT2D eigenvalue weighted by molar-refractivity contribution is -0.141. The maximum atomic E-state index is 11.0. The Morgan fingerprint density at radius 1 is 1.38 bits per heavy atom. The van der Waals surface area contributed by atoms with Crippen molar-refractivity contribution in [2.75, 3.05) is 13.1 Å². The van der Waals surface area contributed by atoms with Crippen molar-refractivity contribution in [3.05, 3.63) is 34.9 Å². The predicted octanol–water partition coefficient (Wildman–Crippen LogP) is 2.15. The van der Waals surface area contributed by atoms with Crippen molar-refractivity contribution < 1.29 is 9.90 Å². The number of nitrogens with one attached hydrogen (secondary N) is 1. The summed E-state index contributed by atoms with van der Waals surface area (Å²) in [5, 5.41) is 12.8. The third-order valence-corrected chi connectivity index (χ3v) is 3.18. The van der Waals surface area contributed by atoms with Crippen molar-refractivity contribution in [3.8, 4) is 0 Å². The van der Waals surface area contributed by atoms with E-state index in [0.717, 1.165) is 5.56 Å². The van der Waals surface area contributed by atoms with E-state index in [1.54, 1.807) is 6.07 Å². The first-order chi connectivity index (χ1) is 7.20. The molecule has 1 heterocycles. The molecular formula is C11H13Cl2NO2. The highest BCUT2D eigenvalue weighted by molar-refractivity contribution is 6.31. The van der Waals surface area contributed by atoms with Crippen LogP contribution < -0.4 is 5.32 Å². The molecule has 3 nitrogen and oxygen atoms in total. The van der Waals surface area contributed by atoms with E-state index < -0.39 is 5.97 Å². The van der Waals surface area contributed by atoms with Crippen LogP contribution in [0.5, 0.6) is 0 Å². The summed E-state index contributed by atoms with van der Waals surface area (Å²) in [5.41, 5.74) is 0.927. The third-order valence-electron chi connectivity index (χ3n) is 2.84. The molecule has 1 saturated heterocycles. The van der Waals surface area contributed by atoms with E-state index in [0.29, 0.717) is 18.1 Å². The summed E-state index contributed by atoms with van der Waals surface area (Å²) in [7, 11) is 0. The van der Waals surface area contributed by atoms with Crippen LogP contribution >= 0.6 is 24.0 Å². The van der Waals surface area contributed by atoms with Gasteiger partial charge in [-0.25, -0.2) is 0 Å². The number of carbonyl (C=O) groups is 1. The molecule has 0 spiro atoms. The lowest BCUT2D eigenvalue weighted by Gasteiger charge is -2.16. The number of carboxylic acids is 1. The quantitative estimate of drug-likeness (QED) is 0.858. The Hall–Kier alpha value is -0.770. The van der Waals surface area contributed by atoms with E-state index in [1.165, 1.54) is 0 Å². The van der Waals surface area contributed by atoms with Gasteiger partial charge in [-0.2, -0.15) is 0 Å². The van der Waals surface area contributed by atoms with Crippen LogP contribution in [0.1, 0.15) is 11.5 Å². The molecule has 2 rings (SSSR count). The molecule has 0 radical (unpaired) electrons. The van der Waals surface area contributed by atoms with Gasteiger partial charge in [-0.05, 0) is 11.6 Å². The number of aliphatic carboxylic acids is 1. The minimum atomic E-state index is -0.759. The SMILES string of the molecule is Cl.O=C(O)C1CNCC1c1ccccc1Cl. The molecule has 5 heteroatoms. The highest BCUT2D eigenvalue weighted by Gasteiger charge is 2.34. The average Bonchev–Trinajstić information content (AvgIpc) is 2.67. The fraction of sp³-hybridized carbons (Fsp3) is 0.364. The fourth-order valence-electron chi connectivity index (χ4n) is 2.04. The van der Waals surface area contributed by atoms with Crippen LogP contribution in [0.15, 0.2) is 24.3 Å². The predicted molar refractivity (Wildman–Crippen MR) is 65.4 cm³/mol. The van der Waals surface area contributed by atoms with E-state index in [2.05, 4.69) is 5.32 Å². The molecule has 1 aliphatic rings. The monoisotopic (exact) mass is 261 g/mol. The Morgan fingerprint density at radius 3 is 2.69 bits per heavy atom. The normalized spacial score (nSPS) is 23.8. The van der Waals surface area contributed by atoms with Crippen molar-refractivity contribution in [1.82, 2.24) is 5.32 Å². The zero-order valence-electron chi connectivity index (χ0n) is 8.52. The Bertz CT molecular complexity index is 384. The van der Waals surface area contributed by atoms with Crippen LogP contribution in [-0.2, 0) is 4.79 Å². The molecule has 2 unspecified atom stereocenters.